The standard InChI is InChI=1S/C12H17NO3S/c1-2-3-5-16-12(14)10-8-17-11(13-10)9-4-6-15-7-9/h4,6-7,10-11,13H,2-3,5,8H2,1H3. The number of hydrogen-bond donors (Lipinski definition) is 1. The van der Waals surface area contributed by atoms with Gasteiger partial charge < -0.3 is 9.15 Å². The molecule has 0 radical (unpaired) electrons. The lowest BCUT2D eigenvalue weighted by Gasteiger charge is -2.11. The van der Waals surface area contributed by atoms with E-state index in [0.717, 1.165) is 24.2 Å². The van der Waals surface area contributed by atoms with Crippen LogP contribution in [0.4, 0.5) is 0 Å². The van der Waals surface area contributed by atoms with Gasteiger partial charge in [-0.1, -0.05) is 13.3 Å². The number of ether oxygens (including phenoxy) is 1. The van der Waals surface area contributed by atoms with E-state index in [9.17, 15) is 4.79 Å². The molecule has 4 nitrogen and oxygen atoms in total. The van der Waals surface area contributed by atoms with Crippen molar-refractivity contribution in [1.82, 2.24) is 5.32 Å². The van der Waals surface area contributed by atoms with Gasteiger partial charge in [0.2, 0.25) is 0 Å². The van der Waals surface area contributed by atoms with E-state index >= 15 is 0 Å². The highest BCUT2D eigenvalue weighted by molar-refractivity contribution is 7.99. The van der Waals surface area contributed by atoms with Crippen LogP contribution in [0.3, 0.4) is 0 Å². The summed E-state index contributed by atoms with van der Waals surface area (Å²) >= 11 is 1.70. The molecule has 1 aliphatic heterocycles. The molecule has 1 saturated heterocycles. The van der Waals surface area contributed by atoms with Crippen molar-refractivity contribution in [3.8, 4) is 0 Å². The maximum atomic E-state index is 11.7. The predicted octanol–water partition coefficient (Wildman–Crippen LogP) is 2.33. The maximum Gasteiger partial charge on any atom is 0.324 e. The van der Waals surface area contributed by atoms with E-state index in [0.29, 0.717) is 6.61 Å². The number of carbonyl (C=O) groups is 1. The van der Waals surface area contributed by atoms with Crippen LogP contribution in [0.25, 0.3) is 0 Å². The number of rotatable bonds is 5. The van der Waals surface area contributed by atoms with Gasteiger partial charge in [0.05, 0.1) is 24.5 Å². The van der Waals surface area contributed by atoms with Gasteiger partial charge in [-0.3, -0.25) is 10.1 Å². The first-order valence-electron chi connectivity index (χ1n) is 5.87. The topological polar surface area (TPSA) is 51.5 Å². The number of furan rings is 1. The van der Waals surface area contributed by atoms with Crippen LogP contribution in [-0.4, -0.2) is 24.4 Å². The minimum Gasteiger partial charge on any atom is -0.472 e. The van der Waals surface area contributed by atoms with Gasteiger partial charge in [0.15, 0.2) is 0 Å². The zero-order valence-corrected chi connectivity index (χ0v) is 10.7. The molecule has 1 aromatic rings. The van der Waals surface area contributed by atoms with E-state index in [1.165, 1.54) is 0 Å². The Bertz CT molecular complexity index is 353. The molecule has 0 saturated carbocycles. The first-order chi connectivity index (χ1) is 8.31. The Balaban J connectivity index is 1.79. The number of hydrogen-bond acceptors (Lipinski definition) is 5. The second-order valence-electron chi connectivity index (χ2n) is 4.01. The largest absolute Gasteiger partial charge is 0.472 e. The van der Waals surface area contributed by atoms with Crippen LogP contribution in [0.15, 0.2) is 23.0 Å². The highest BCUT2D eigenvalue weighted by atomic mass is 32.2. The Morgan fingerprint density at radius 2 is 2.59 bits per heavy atom. The number of esters is 1. The molecule has 0 spiro atoms. The average Bonchev–Trinajstić information content (AvgIpc) is 3.00. The SMILES string of the molecule is CCCCOC(=O)C1CSC(c2ccoc2)N1. The van der Waals surface area contributed by atoms with Gasteiger partial charge in [0.1, 0.15) is 6.04 Å². The first-order valence-corrected chi connectivity index (χ1v) is 6.92. The highest BCUT2D eigenvalue weighted by Gasteiger charge is 2.31. The molecule has 0 aromatic carbocycles. The Hall–Kier alpha value is -0.940. The van der Waals surface area contributed by atoms with Gasteiger partial charge >= 0.3 is 5.97 Å². The van der Waals surface area contributed by atoms with Crippen LogP contribution in [0, 0.1) is 0 Å². The van der Waals surface area contributed by atoms with E-state index in [1.54, 1.807) is 24.3 Å². The summed E-state index contributed by atoms with van der Waals surface area (Å²) in [7, 11) is 0. The zero-order valence-electron chi connectivity index (χ0n) is 9.85. The predicted molar refractivity (Wildman–Crippen MR) is 66.7 cm³/mol. The summed E-state index contributed by atoms with van der Waals surface area (Å²) in [5, 5.41) is 3.39. The lowest BCUT2D eigenvalue weighted by atomic mass is 10.3. The van der Waals surface area contributed by atoms with Gasteiger partial charge in [0, 0.05) is 11.3 Å². The molecule has 1 aliphatic rings. The van der Waals surface area contributed by atoms with Crippen molar-refractivity contribution in [2.24, 2.45) is 0 Å². The normalized spacial score (nSPS) is 23.8. The van der Waals surface area contributed by atoms with Gasteiger partial charge in [-0.15, -0.1) is 11.8 Å². The third kappa shape index (κ3) is 3.26. The summed E-state index contributed by atoms with van der Waals surface area (Å²) in [5.41, 5.74) is 1.07. The van der Waals surface area contributed by atoms with E-state index in [4.69, 9.17) is 9.15 Å². The molecule has 1 aromatic heterocycles. The summed E-state index contributed by atoms with van der Waals surface area (Å²) in [6.07, 6.45) is 5.31. The molecule has 1 fully saturated rings. The minimum absolute atomic E-state index is 0.137. The molecule has 0 bridgehead atoms. The number of nitrogens with one attached hydrogen (secondary N) is 1. The Labute approximate surface area is 105 Å². The van der Waals surface area contributed by atoms with Gasteiger partial charge in [0.25, 0.3) is 0 Å². The molecular weight excluding hydrogens is 238 g/mol. The molecule has 0 amide bonds. The summed E-state index contributed by atoms with van der Waals surface area (Å²) in [6, 6.07) is 1.71. The summed E-state index contributed by atoms with van der Waals surface area (Å²) in [4.78, 5) is 11.7. The molecule has 2 rings (SSSR count). The molecular formula is C12H17NO3S. The monoisotopic (exact) mass is 255 g/mol. The van der Waals surface area contributed by atoms with Crippen molar-refractivity contribution in [2.75, 3.05) is 12.4 Å². The fraction of sp³-hybridized carbons (Fsp3) is 0.583. The Morgan fingerprint density at radius 3 is 3.29 bits per heavy atom. The third-order valence-electron chi connectivity index (χ3n) is 2.65. The lowest BCUT2D eigenvalue weighted by Crippen LogP contribution is -2.35. The van der Waals surface area contributed by atoms with Crippen molar-refractivity contribution in [3.63, 3.8) is 0 Å². The Morgan fingerprint density at radius 1 is 1.71 bits per heavy atom. The highest BCUT2D eigenvalue weighted by Crippen LogP contribution is 2.33. The molecule has 2 unspecified atom stereocenters. The van der Waals surface area contributed by atoms with Gasteiger partial charge in [-0.05, 0) is 12.5 Å². The van der Waals surface area contributed by atoms with Crippen LogP contribution in [-0.2, 0) is 9.53 Å². The third-order valence-corrected chi connectivity index (χ3v) is 3.92. The smallest absolute Gasteiger partial charge is 0.324 e. The van der Waals surface area contributed by atoms with Crippen LogP contribution in [0.5, 0.6) is 0 Å². The fourth-order valence-electron chi connectivity index (χ4n) is 1.64. The van der Waals surface area contributed by atoms with Crippen molar-refractivity contribution in [2.45, 2.75) is 31.2 Å². The lowest BCUT2D eigenvalue weighted by molar-refractivity contribution is -0.145. The maximum absolute atomic E-state index is 11.7. The quantitative estimate of drug-likeness (QED) is 0.646. The van der Waals surface area contributed by atoms with Crippen LogP contribution in [0.1, 0.15) is 30.7 Å². The number of thioether (sulfide) groups is 1. The summed E-state index contributed by atoms with van der Waals surface area (Å²) in [6.45, 7) is 2.60. The van der Waals surface area contributed by atoms with E-state index in [-0.39, 0.29) is 17.4 Å². The van der Waals surface area contributed by atoms with Gasteiger partial charge in [-0.25, -0.2) is 0 Å². The van der Waals surface area contributed by atoms with E-state index < -0.39 is 0 Å². The molecule has 94 valence electrons. The van der Waals surface area contributed by atoms with Crippen molar-refractivity contribution in [3.05, 3.63) is 24.2 Å². The zero-order chi connectivity index (χ0) is 12.1. The molecule has 17 heavy (non-hydrogen) atoms. The fourth-order valence-corrected chi connectivity index (χ4v) is 2.85. The van der Waals surface area contributed by atoms with Crippen LogP contribution < -0.4 is 5.32 Å². The summed E-state index contributed by atoms with van der Waals surface area (Å²) < 4.78 is 10.2. The van der Waals surface area contributed by atoms with E-state index in [2.05, 4.69) is 12.2 Å². The molecule has 1 N–H and O–H groups in total. The van der Waals surface area contributed by atoms with Crippen molar-refractivity contribution >= 4 is 17.7 Å². The molecule has 2 atom stereocenters. The van der Waals surface area contributed by atoms with Crippen LogP contribution in [0.2, 0.25) is 0 Å². The van der Waals surface area contributed by atoms with Crippen LogP contribution >= 0.6 is 11.8 Å². The summed E-state index contributed by atoms with van der Waals surface area (Å²) in [5.74, 6) is 0.609. The minimum atomic E-state index is -0.197. The molecule has 2 heterocycles. The van der Waals surface area contributed by atoms with E-state index in [1.807, 2.05) is 6.07 Å². The molecule has 5 heteroatoms. The number of carbonyl (C=O) groups excluding carboxylic acids is 1. The number of unbranched alkanes of at least 4 members (excludes halogenated alkanes) is 1. The first kappa shape index (κ1) is 12.5. The second-order valence-corrected chi connectivity index (χ2v) is 5.15. The molecule has 0 aliphatic carbocycles. The van der Waals surface area contributed by atoms with Crippen molar-refractivity contribution < 1.29 is 13.9 Å². The average molecular weight is 255 g/mol. The Kier molecular flexibility index (Phi) is 4.50. The second kappa shape index (κ2) is 6.12. The van der Waals surface area contributed by atoms with Crippen molar-refractivity contribution in [1.29, 1.82) is 0 Å². The van der Waals surface area contributed by atoms with Gasteiger partial charge in [-0.2, -0.15) is 0 Å².